The number of rotatable bonds is 3. The van der Waals surface area contributed by atoms with Gasteiger partial charge < -0.3 is 5.73 Å². The summed E-state index contributed by atoms with van der Waals surface area (Å²) in [5.41, 5.74) is 8.08. The predicted octanol–water partition coefficient (Wildman–Crippen LogP) is 1.39. The molecule has 1 amide bonds. The molecule has 2 aliphatic rings. The van der Waals surface area contributed by atoms with Gasteiger partial charge in [0.25, 0.3) is 5.91 Å². The van der Waals surface area contributed by atoms with Gasteiger partial charge in [0.1, 0.15) is 0 Å². The topological polar surface area (TPSA) is 55.6 Å². The lowest BCUT2D eigenvalue weighted by Crippen LogP contribution is -2.25. The van der Waals surface area contributed by atoms with E-state index in [2.05, 4.69) is 6.07 Å². The molecule has 1 aliphatic heterocycles. The van der Waals surface area contributed by atoms with Gasteiger partial charge in [0, 0.05) is 5.54 Å². The van der Waals surface area contributed by atoms with E-state index >= 15 is 0 Å². The highest BCUT2D eigenvalue weighted by atomic mass is 16.7. The molecule has 1 heterocycles. The number of amides is 1. The fourth-order valence-electron chi connectivity index (χ4n) is 2.15. The number of carbonyl (C=O) groups excluding carboxylic acids is 1. The van der Waals surface area contributed by atoms with E-state index in [1.807, 2.05) is 18.2 Å². The lowest BCUT2D eigenvalue weighted by Gasteiger charge is -2.16. The van der Waals surface area contributed by atoms with Crippen LogP contribution in [0.2, 0.25) is 0 Å². The minimum absolute atomic E-state index is 0.00546. The molecule has 1 saturated heterocycles. The van der Waals surface area contributed by atoms with Gasteiger partial charge in [0.05, 0.1) is 18.7 Å². The number of anilines is 1. The van der Waals surface area contributed by atoms with Crippen molar-refractivity contribution in [2.45, 2.75) is 31.2 Å². The summed E-state index contributed by atoms with van der Waals surface area (Å²) in [5.74, 6) is 0.0241. The maximum absolute atomic E-state index is 11.6. The molecule has 1 aromatic rings. The molecule has 2 N–H and O–H groups in total. The first-order valence-corrected chi connectivity index (χ1v) is 6.00. The average Bonchev–Trinajstić information content (AvgIpc) is 2.87. The second-order valence-corrected chi connectivity index (χ2v) is 4.98. The van der Waals surface area contributed by atoms with E-state index in [1.54, 1.807) is 0 Å². The summed E-state index contributed by atoms with van der Waals surface area (Å²) in [6, 6.07) is 7.89. The Morgan fingerprint density at radius 1 is 1.41 bits per heavy atom. The standard InChI is InChI=1S/C13H16N2O2/c14-13(5-6-13)9-10-2-1-3-11(8-10)15-12(16)4-7-17-15/h1-3,8H,4-7,9,14H2. The lowest BCUT2D eigenvalue weighted by atomic mass is 10.0. The van der Waals surface area contributed by atoms with Crippen LogP contribution in [0, 0.1) is 0 Å². The molecule has 1 aromatic carbocycles. The van der Waals surface area contributed by atoms with Gasteiger partial charge in [-0.1, -0.05) is 12.1 Å². The number of carbonyl (C=O) groups is 1. The Morgan fingerprint density at radius 2 is 2.24 bits per heavy atom. The first-order valence-electron chi connectivity index (χ1n) is 6.00. The van der Waals surface area contributed by atoms with Crippen LogP contribution in [-0.4, -0.2) is 18.1 Å². The van der Waals surface area contributed by atoms with Gasteiger partial charge in [-0.15, -0.1) is 0 Å². The van der Waals surface area contributed by atoms with Crippen LogP contribution in [-0.2, 0) is 16.1 Å². The van der Waals surface area contributed by atoms with Crippen molar-refractivity contribution in [1.82, 2.24) is 0 Å². The first-order chi connectivity index (χ1) is 8.16. The molecule has 0 spiro atoms. The largest absolute Gasteiger partial charge is 0.325 e. The van der Waals surface area contributed by atoms with E-state index in [-0.39, 0.29) is 11.4 Å². The number of hydroxylamine groups is 1. The fourth-order valence-corrected chi connectivity index (χ4v) is 2.15. The van der Waals surface area contributed by atoms with Gasteiger partial charge in [-0.25, -0.2) is 0 Å². The second kappa shape index (κ2) is 3.82. The van der Waals surface area contributed by atoms with Crippen LogP contribution in [0.5, 0.6) is 0 Å². The van der Waals surface area contributed by atoms with Crippen LogP contribution in [0.1, 0.15) is 24.8 Å². The number of hydrogen-bond donors (Lipinski definition) is 1. The van der Waals surface area contributed by atoms with Gasteiger partial charge in [0.2, 0.25) is 0 Å². The highest BCUT2D eigenvalue weighted by Crippen LogP contribution is 2.36. The molecule has 0 bridgehead atoms. The highest BCUT2D eigenvalue weighted by molar-refractivity contribution is 5.92. The summed E-state index contributed by atoms with van der Waals surface area (Å²) in [6.07, 6.45) is 3.53. The Morgan fingerprint density at radius 3 is 2.88 bits per heavy atom. The SMILES string of the molecule is NC1(Cc2cccc(N3OCCC3=O)c2)CC1. The van der Waals surface area contributed by atoms with Crippen LogP contribution >= 0.6 is 0 Å². The first kappa shape index (κ1) is 10.7. The van der Waals surface area contributed by atoms with Gasteiger partial charge in [-0.2, -0.15) is 5.06 Å². The zero-order valence-corrected chi connectivity index (χ0v) is 9.69. The Labute approximate surface area is 100 Å². The van der Waals surface area contributed by atoms with Gasteiger partial charge in [0.15, 0.2) is 0 Å². The molecule has 0 unspecified atom stereocenters. The summed E-state index contributed by atoms with van der Waals surface area (Å²) >= 11 is 0. The number of hydrogen-bond acceptors (Lipinski definition) is 3. The molecule has 0 radical (unpaired) electrons. The van der Waals surface area contributed by atoms with Crippen molar-refractivity contribution in [2.75, 3.05) is 11.7 Å². The number of nitrogens with two attached hydrogens (primary N) is 1. The smallest absolute Gasteiger partial charge is 0.253 e. The van der Waals surface area contributed by atoms with Crippen molar-refractivity contribution >= 4 is 11.6 Å². The van der Waals surface area contributed by atoms with Crippen molar-refractivity contribution < 1.29 is 9.63 Å². The number of nitrogens with zero attached hydrogens (tertiary/aromatic N) is 1. The van der Waals surface area contributed by atoms with E-state index < -0.39 is 0 Å². The predicted molar refractivity (Wildman–Crippen MR) is 64.4 cm³/mol. The van der Waals surface area contributed by atoms with Gasteiger partial charge in [-0.05, 0) is 37.0 Å². The van der Waals surface area contributed by atoms with E-state index in [4.69, 9.17) is 10.6 Å². The molecule has 1 saturated carbocycles. The fraction of sp³-hybridized carbons (Fsp3) is 0.462. The molecular weight excluding hydrogens is 216 g/mol. The minimum atomic E-state index is -0.00546. The Balaban J connectivity index is 1.81. The van der Waals surface area contributed by atoms with Crippen LogP contribution in [0.15, 0.2) is 24.3 Å². The molecule has 4 heteroatoms. The van der Waals surface area contributed by atoms with Crippen molar-refractivity contribution in [3.05, 3.63) is 29.8 Å². The third-order valence-electron chi connectivity index (χ3n) is 3.36. The van der Waals surface area contributed by atoms with Crippen molar-refractivity contribution in [2.24, 2.45) is 5.73 Å². The molecule has 90 valence electrons. The maximum atomic E-state index is 11.6. The molecule has 1 aliphatic carbocycles. The summed E-state index contributed by atoms with van der Waals surface area (Å²) < 4.78 is 0. The average molecular weight is 232 g/mol. The second-order valence-electron chi connectivity index (χ2n) is 4.98. The highest BCUT2D eigenvalue weighted by Gasteiger charge is 2.38. The van der Waals surface area contributed by atoms with E-state index in [1.165, 1.54) is 10.6 Å². The number of benzene rings is 1. The van der Waals surface area contributed by atoms with E-state index in [0.717, 1.165) is 24.9 Å². The molecule has 2 fully saturated rings. The summed E-state index contributed by atoms with van der Waals surface area (Å²) in [5, 5.41) is 1.39. The van der Waals surface area contributed by atoms with E-state index in [9.17, 15) is 4.79 Å². The zero-order valence-electron chi connectivity index (χ0n) is 9.69. The Bertz CT molecular complexity index is 454. The Hall–Kier alpha value is -1.39. The summed E-state index contributed by atoms with van der Waals surface area (Å²) in [4.78, 5) is 16.9. The van der Waals surface area contributed by atoms with E-state index in [0.29, 0.717) is 13.0 Å². The molecule has 0 atom stereocenters. The zero-order chi connectivity index (χ0) is 11.9. The Kier molecular flexibility index (Phi) is 2.42. The quantitative estimate of drug-likeness (QED) is 0.856. The molecule has 4 nitrogen and oxygen atoms in total. The normalized spacial score (nSPS) is 21.9. The minimum Gasteiger partial charge on any atom is -0.325 e. The maximum Gasteiger partial charge on any atom is 0.253 e. The monoisotopic (exact) mass is 232 g/mol. The van der Waals surface area contributed by atoms with Crippen molar-refractivity contribution in [3.8, 4) is 0 Å². The van der Waals surface area contributed by atoms with Crippen LogP contribution in [0.3, 0.4) is 0 Å². The summed E-state index contributed by atoms with van der Waals surface area (Å²) in [6.45, 7) is 0.476. The molecule has 0 aromatic heterocycles. The third-order valence-corrected chi connectivity index (χ3v) is 3.36. The summed E-state index contributed by atoms with van der Waals surface area (Å²) in [7, 11) is 0. The van der Waals surface area contributed by atoms with Crippen molar-refractivity contribution in [1.29, 1.82) is 0 Å². The van der Waals surface area contributed by atoms with Crippen LogP contribution in [0.25, 0.3) is 0 Å². The van der Waals surface area contributed by atoms with Crippen LogP contribution < -0.4 is 10.8 Å². The molecular formula is C13H16N2O2. The van der Waals surface area contributed by atoms with Gasteiger partial charge >= 0.3 is 0 Å². The lowest BCUT2D eigenvalue weighted by molar-refractivity contribution is -0.119. The van der Waals surface area contributed by atoms with Crippen molar-refractivity contribution in [3.63, 3.8) is 0 Å². The third kappa shape index (κ3) is 2.18. The molecule has 17 heavy (non-hydrogen) atoms. The van der Waals surface area contributed by atoms with Gasteiger partial charge in [-0.3, -0.25) is 9.63 Å². The molecule has 3 rings (SSSR count). The van der Waals surface area contributed by atoms with Crippen LogP contribution in [0.4, 0.5) is 5.69 Å².